The van der Waals surface area contributed by atoms with Gasteiger partial charge in [-0.2, -0.15) is 0 Å². The number of benzene rings is 1. The number of hydrogen-bond donors (Lipinski definition) is 2. The first kappa shape index (κ1) is 10.6. The Morgan fingerprint density at radius 3 is 2.46 bits per heavy atom. The fourth-order valence-corrected chi connectivity index (χ4v) is 1.27. The van der Waals surface area contributed by atoms with Gasteiger partial charge in [-0.25, -0.2) is 4.39 Å². The lowest BCUT2D eigenvalue weighted by atomic mass is 10.0. The van der Waals surface area contributed by atoms with Gasteiger partial charge in [-0.1, -0.05) is 6.07 Å². The zero-order chi connectivity index (χ0) is 10.0. The molecule has 1 aromatic carbocycles. The second-order valence-corrected chi connectivity index (χ2v) is 3.91. The molecule has 4 heteroatoms. The van der Waals surface area contributed by atoms with Crippen molar-refractivity contribution in [2.45, 2.75) is 19.0 Å². The molecule has 0 heterocycles. The molecule has 2 atom stereocenters. The summed E-state index contributed by atoms with van der Waals surface area (Å²) < 4.78 is 13.5. The molecule has 0 amide bonds. The Hall–Kier alpha value is -0.450. The maximum atomic E-state index is 13.1. The van der Waals surface area contributed by atoms with Crippen molar-refractivity contribution in [1.82, 2.24) is 0 Å². The van der Waals surface area contributed by atoms with Gasteiger partial charge in [0, 0.05) is 12.1 Å². The number of nitrogens with two attached hydrogens (primary N) is 2. The van der Waals surface area contributed by atoms with Crippen LogP contribution in [-0.2, 0) is 0 Å². The minimum Gasteiger partial charge on any atom is -0.326 e. The fraction of sp³-hybridized carbons (Fsp3) is 0.333. The smallest absolute Gasteiger partial charge is 0.137 e. The second kappa shape index (κ2) is 4.17. The first-order valence-electron chi connectivity index (χ1n) is 3.98. The summed E-state index contributed by atoms with van der Waals surface area (Å²) >= 11 is 3.07. The van der Waals surface area contributed by atoms with E-state index in [1.807, 2.05) is 0 Å². The number of hydrogen-bond acceptors (Lipinski definition) is 2. The third-order valence-electron chi connectivity index (χ3n) is 1.90. The predicted octanol–water partition coefficient (Wildman–Crippen LogP) is 1.94. The Labute approximate surface area is 85.2 Å². The van der Waals surface area contributed by atoms with E-state index in [4.69, 9.17) is 11.5 Å². The van der Waals surface area contributed by atoms with E-state index in [1.165, 1.54) is 6.07 Å². The van der Waals surface area contributed by atoms with Crippen molar-refractivity contribution in [2.24, 2.45) is 11.5 Å². The van der Waals surface area contributed by atoms with Crippen molar-refractivity contribution >= 4 is 15.9 Å². The van der Waals surface area contributed by atoms with E-state index in [9.17, 15) is 4.39 Å². The molecule has 4 N–H and O–H groups in total. The molecular formula is C9H12BrFN2. The highest BCUT2D eigenvalue weighted by Crippen LogP contribution is 2.20. The molecule has 0 radical (unpaired) electrons. The van der Waals surface area contributed by atoms with Gasteiger partial charge >= 0.3 is 0 Å². The van der Waals surface area contributed by atoms with Crippen molar-refractivity contribution in [3.8, 4) is 0 Å². The summed E-state index contributed by atoms with van der Waals surface area (Å²) in [6, 6.07) is 4.30. The summed E-state index contributed by atoms with van der Waals surface area (Å²) in [6.07, 6.45) is 0. The molecule has 13 heavy (non-hydrogen) atoms. The van der Waals surface area contributed by atoms with Crippen LogP contribution in [0, 0.1) is 5.82 Å². The Morgan fingerprint density at radius 1 is 1.38 bits per heavy atom. The first-order chi connectivity index (χ1) is 6.02. The van der Waals surface area contributed by atoms with Crippen LogP contribution in [-0.4, -0.2) is 6.04 Å². The zero-order valence-electron chi connectivity index (χ0n) is 7.30. The zero-order valence-corrected chi connectivity index (χ0v) is 8.88. The normalized spacial score (nSPS) is 15.5. The highest BCUT2D eigenvalue weighted by molar-refractivity contribution is 9.10. The summed E-state index contributed by atoms with van der Waals surface area (Å²) in [5, 5.41) is 0. The van der Waals surface area contributed by atoms with E-state index in [2.05, 4.69) is 15.9 Å². The van der Waals surface area contributed by atoms with Crippen LogP contribution in [0.25, 0.3) is 0 Å². The molecule has 0 aliphatic heterocycles. The molecule has 0 spiro atoms. The minimum absolute atomic E-state index is 0.180. The molecule has 0 saturated heterocycles. The molecule has 72 valence electrons. The standard InChI is InChI=1S/C9H12BrFN2/c1-5(12)9(13)6-2-3-7(10)8(11)4-6/h2-5,9H,12-13H2,1H3. The first-order valence-corrected chi connectivity index (χ1v) is 4.78. The minimum atomic E-state index is -0.317. The van der Waals surface area contributed by atoms with E-state index >= 15 is 0 Å². The van der Waals surface area contributed by atoms with Crippen molar-refractivity contribution in [1.29, 1.82) is 0 Å². The molecule has 1 aromatic rings. The molecular weight excluding hydrogens is 235 g/mol. The SMILES string of the molecule is CC(N)C(N)c1ccc(Br)c(F)c1. The predicted molar refractivity (Wildman–Crippen MR) is 54.7 cm³/mol. The van der Waals surface area contributed by atoms with Crippen LogP contribution in [0.5, 0.6) is 0 Å². The van der Waals surface area contributed by atoms with Crippen LogP contribution in [0.2, 0.25) is 0 Å². The average Bonchev–Trinajstić information content (AvgIpc) is 2.08. The topological polar surface area (TPSA) is 52.0 Å². The van der Waals surface area contributed by atoms with Gasteiger partial charge in [0.1, 0.15) is 5.82 Å². The van der Waals surface area contributed by atoms with Gasteiger partial charge in [-0.3, -0.25) is 0 Å². The molecule has 0 aliphatic carbocycles. The van der Waals surface area contributed by atoms with E-state index < -0.39 is 0 Å². The van der Waals surface area contributed by atoms with Crippen LogP contribution in [0.4, 0.5) is 4.39 Å². The van der Waals surface area contributed by atoms with Gasteiger partial charge in [0.2, 0.25) is 0 Å². The third kappa shape index (κ3) is 2.49. The largest absolute Gasteiger partial charge is 0.326 e. The van der Waals surface area contributed by atoms with E-state index in [0.717, 1.165) is 5.56 Å². The summed E-state index contributed by atoms with van der Waals surface area (Å²) in [5.41, 5.74) is 12.1. The van der Waals surface area contributed by atoms with Gasteiger partial charge in [-0.15, -0.1) is 0 Å². The van der Waals surface area contributed by atoms with Crippen LogP contribution in [0.3, 0.4) is 0 Å². The van der Waals surface area contributed by atoms with Gasteiger partial charge in [0.05, 0.1) is 4.47 Å². The molecule has 0 saturated carbocycles. The number of rotatable bonds is 2. The maximum absolute atomic E-state index is 13.1. The van der Waals surface area contributed by atoms with Gasteiger partial charge < -0.3 is 11.5 Å². The van der Waals surface area contributed by atoms with E-state index in [-0.39, 0.29) is 17.9 Å². The Balaban J connectivity index is 2.97. The Morgan fingerprint density at radius 2 is 2.00 bits per heavy atom. The third-order valence-corrected chi connectivity index (χ3v) is 2.54. The van der Waals surface area contributed by atoms with Gasteiger partial charge in [-0.05, 0) is 40.5 Å². The van der Waals surface area contributed by atoms with Crippen LogP contribution < -0.4 is 11.5 Å². The van der Waals surface area contributed by atoms with Crippen molar-refractivity contribution in [3.05, 3.63) is 34.1 Å². The highest BCUT2D eigenvalue weighted by Gasteiger charge is 2.12. The van der Waals surface area contributed by atoms with Gasteiger partial charge in [0.25, 0.3) is 0 Å². The summed E-state index contributed by atoms with van der Waals surface area (Å²) in [7, 11) is 0. The quantitative estimate of drug-likeness (QED) is 0.838. The number of halogens is 2. The summed E-state index contributed by atoms with van der Waals surface area (Å²) in [4.78, 5) is 0. The summed E-state index contributed by atoms with van der Waals surface area (Å²) in [6.45, 7) is 1.80. The molecule has 0 bridgehead atoms. The van der Waals surface area contributed by atoms with Crippen LogP contribution in [0.15, 0.2) is 22.7 Å². The summed E-state index contributed by atoms with van der Waals surface area (Å²) in [5.74, 6) is -0.311. The molecule has 2 nitrogen and oxygen atoms in total. The van der Waals surface area contributed by atoms with Crippen LogP contribution >= 0.6 is 15.9 Å². The van der Waals surface area contributed by atoms with Crippen molar-refractivity contribution < 1.29 is 4.39 Å². The fourth-order valence-electron chi connectivity index (χ4n) is 1.02. The highest BCUT2D eigenvalue weighted by atomic mass is 79.9. The molecule has 0 fully saturated rings. The van der Waals surface area contributed by atoms with Crippen LogP contribution in [0.1, 0.15) is 18.5 Å². The lowest BCUT2D eigenvalue weighted by Crippen LogP contribution is -2.31. The Kier molecular flexibility index (Phi) is 3.41. The van der Waals surface area contributed by atoms with Crippen molar-refractivity contribution in [3.63, 3.8) is 0 Å². The van der Waals surface area contributed by atoms with Gasteiger partial charge in [0.15, 0.2) is 0 Å². The second-order valence-electron chi connectivity index (χ2n) is 3.06. The molecule has 0 aromatic heterocycles. The lowest BCUT2D eigenvalue weighted by Gasteiger charge is -2.15. The molecule has 1 rings (SSSR count). The average molecular weight is 247 g/mol. The van der Waals surface area contributed by atoms with E-state index in [1.54, 1.807) is 19.1 Å². The molecule has 2 unspecified atom stereocenters. The monoisotopic (exact) mass is 246 g/mol. The Bertz CT molecular complexity index is 302. The molecule has 0 aliphatic rings. The maximum Gasteiger partial charge on any atom is 0.137 e. The van der Waals surface area contributed by atoms with Crippen molar-refractivity contribution in [2.75, 3.05) is 0 Å². The van der Waals surface area contributed by atoms with E-state index in [0.29, 0.717) is 4.47 Å². The lowest BCUT2D eigenvalue weighted by molar-refractivity contribution is 0.574.